The third kappa shape index (κ3) is 3.07. The second kappa shape index (κ2) is 6.41. The number of hydrogen-bond donors (Lipinski definition) is 2. The number of rotatable bonds is 2. The van der Waals surface area contributed by atoms with E-state index in [0.717, 1.165) is 40.6 Å². The molecular formula is C21H19ClFN3O2. The first-order valence-corrected chi connectivity index (χ1v) is 9.65. The Morgan fingerprint density at radius 1 is 1.25 bits per heavy atom. The van der Waals surface area contributed by atoms with E-state index >= 15 is 0 Å². The summed E-state index contributed by atoms with van der Waals surface area (Å²) in [5.74, 6) is 0.485. The summed E-state index contributed by atoms with van der Waals surface area (Å²) in [6, 6.07) is 12.3. The lowest BCUT2D eigenvalue weighted by Gasteiger charge is -2.51. The summed E-state index contributed by atoms with van der Waals surface area (Å²) in [7, 11) is 0. The molecule has 5 rings (SSSR count). The Balaban J connectivity index is 1.18. The summed E-state index contributed by atoms with van der Waals surface area (Å²) < 4.78 is 19.4. The molecule has 28 heavy (non-hydrogen) atoms. The van der Waals surface area contributed by atoms with E-state index in [9.17, 15) is 9.18 Å². The van der Waals surface area contributed by atoms with Crippen LogP contribution in [-0.4, -0.2) is 34.6 Å². The number of H-pyrrole nitrogens is 1. The number of carbonyl (C=O) groups is 1. The summed E-state index contributed by atoms with van der Waals surface area (Å²) in [5.41, 5.74) is 2.54. The molecule has 144 valence electrons. The Bertz CT molecular complexity index is 1070. The van der Waals surface area contributed by atoms with Crippen molar-refractivity contribution < 1.29 is 13.9 Å². The van der Waals surface area contributed by atoms with Gasteiger partial charge < -0.3 is 19.9 Å². The molecule has 3 heterocycles. The molecule has 0 unspecified atom stereocenters. The van der Waals surface area contributed by atoms with Crippen molar-refractivity contribution in [3.05, 3.63) is 64.6 Å². The number of likely N-dealkylation sites (tertiary alicyclic amines) is 1. The molecule has 0 atom stereocenters. The maximum Gasteiger partial charge on any atom is 0.317 e. The van der Waals surface area contributed by atoms with Gasteiger partial charge in [-0.1, -0.05) is 17.7 Å². The minimum Gasteiger partial charge on any atom is -0.483 e. The van der Waals surface area contributed by atoms with Gasteiger partial charge in [-0.05, 0) is 60.4 Å². The van der Waals surface area contributed by atoms with Gasteiger partial charge in [-0.15, -0.1) is 0 Å². The zero-order valence-corrected chi connectivity index (χ0v) is 15.9. The van der Waals surface area contributed by atoms with Crippen LogP contribution in [0, 0.1) is 5.82 Å². The number of aromatic nitrogens is 1. The topological polar surface area (TPSA) is 57.4 Å². The zero-order valence-electron chi connectivity index (χ0n) is 15.1. The number of amides is 2. The van der Waals surface area contributed by atoms with Crippen molar-refractivity contribution in [2.45, 2.75) is 25.0 Å². The molecule has 0 aliphatic carbocycles. The predicted molar refractivity (Wildman–Crippen MR) is 105 cm³/mol. The van der Waals surface area contributed by atoms with Crippen LogP contribution in [0.2, 0.25) is 5.15 Å². The van der Waals surface area contributed by atoms with E-state index < -0.39 is 0 Å². The van der Waals surface area contributed by atoms with Crippen LogP contribution >= 0.6 is 11.6 Å². The summed E-state index contributed by atoms with van der Waals surface area (Å²) in [6.07, 6.45) is 1.56. The fourth-order valence-electron chi connectivity index (χ4n) is 4.05. The number of halogens is 2. The number of benzene rings is 2. The van der Waals surface area contributed by atoms with Crippen LogP contribution in [0.25, 0.3) is 10.9 Å². The van der Waals surface area contributed by atoms with Crippen molar-refractivity contribution in [2.24, 2.45) is 0 Å². The van der Waals surface area contributed by atoms with Crippen LogP contribution in [0.5, 0.6) is 5.75 Å². The fraction of sp³-hybridized carbons (Fsp3) is 0.286. The van der Waals surface area contributed by atoms with Crippen molar-refractivity contribution in [1.82, 2.24) is 15.2 Å². The van der Waals surface area contributed by atoms with Crippen molar-refractivity contribution in [1.29, 1.82) is 0 Å². The number of aryl methyl sites for hydroxylation is 1. The van der Waals surface area contributed by atoms with Crippen LogP contribution in [0.4, 0.5) is 9.18 Å². The van der Waals surface area contributed by atoms with E-state index in [4.69, 9.17) is 16.3 Å². The van der Waals surface area contributed by atoms with Gasteiger partial charge in [0.25, 0.3) is 0 Å². The van der Waals surface area contributed by atoms with Crippen LogP contribution < -0.4 is 10.1 Å². The standard InChI is InChI=1S/C21H19ClFN3O2/c22-19-9-15-7-13(1-3-17(15)25-19)10-24-20(27)26-11-21(12-26)6-5-14-8-16(23)2-4-18(14)28-21/h1-4,7-9,25H,5-6,10-12H2,(H,24,27). The summed E-state index contributed by atoms with van der Waals surface area (Å²) in [5, 5.41) is 4.57. The number of aromatic amines is 1. The van der Waals surface area contributed by atoms with E-state index in [2.05, 4.69) is 10.3 Å². The number of urea groups is 1. The zero-order chi connectivity index (χ0) is 19.3. The molecule has 7 heteroatoms. The Labute approximate surface area is 166 Å². The quantitative estimate of drug-likeness (QED) is 0.676. The first kappa shape index (κ1) is 17.4. The lowest BCUT2D eigenvalue weighted by Crippen LogP contribution is -2.68. The highest BCUT2D eigenvalue weighted by Crippen LogP contribution is 2.39. The van der Waals surface area contributed by atoms with Gasteiger partial charge in [0.2, 0.25) is 0 Å². The highest BCUT2D eigenvalue weighted by Gasteiger charge is 2.49. The van der Waals surface area contributed by atoms with E-state index in [1.54, 1.807) is 11.0 Å². The maximum atomic E-state index is 13.3. The summed E-state index contributed by atoms with van der Waals surface area (Å²) in [6.45, 7) is 1.54. The molecule has 2 amide bonds. The summed E-state index contributed by atoms with van der Waals surface area (Å²) >= 11 is 5.98. The molecule has 2 aliphatic rings. The van der Waals surface area contributed by atoms with Crippen molar-refractivity contribution in [3.8, 4) is 5.75 Å². The lowest BCUT2D eigenvalue weighted by molar-refractivity contribution is -0.0678. The molecule has 2 N–H and O–H groups in total. The van der Waals surface area contributed by atoms with Gasteiger partial charge in [0.05, 0.1) is 13.1 Å². The molecule has 1 aromatic heterocycles. The van der Waals surface area contributed by atoms with Gasteiger partial charge in [0.1, 0.15) is 22.3 Å². The third-order valence-electron chi connectivity index (χ3n) is 5.54. The fourth-order valence-corrected chi connectivity index (χ4v) is 4.27. The van der Waals surface area contributed by atoms with Gasteiger partial charge in [-0.2, -0.15) is 0 Å². The molecule has 1 fully saturated rings. The van der Waals surface area contributed by atoms with E-state index in [-0.39, 0.29) is 17.4 Å². The molecule has 0 radical (unpaired) electrons. The molecule has 2 aromatic carbocycles. The minimum atomic E-state index is -0.344. The molecule has 2 aliphatic heterocycles. The molecule has 5 nitrogen and oxygen atoms in total. The highest BCUT2D eigenvalue weighted by atomic mass is 35.5. The monoisotopic (exact) mass is 399 g/mol. The third-order valence-corrected chi connectivity index (χ3v) is 5.74. The van der Waals surface area contributed by atoms with Gasteiger partial charge >= 0.3 is 6.03 Å². The van der Waals surface area contributed by atoms with Crippen molar-refractivity contribution in [2.75, 3.05) is 13.1 Å². The Morgan fingerprint density at radius 3 is 2.96 bits per heavy atom. The second-order valence-corrected chi connectivity index (χ2v) is 8.00. The molecule has 1 spiro atoms. The highest BCUT2D eigenvalue weighted by molar-refractivity contribution is 6.30. The van der Waals surface area contributed by atoms with Gasteiger partial charge in [0, 0.05) is 17.4 Å². The molecular weight excluding hydrogens is 381 g/mol. The number of carbonyl (C=O) groups excluding carboxylic acids is 1. The Hall–Kier alpha value is -2.73. The van der Waals surface area contributed by atoms with E-state index in [0.29, 0.717) is 24.8 Å². The summed E-state index contributed by atoms with van der Waals surface area (Å²) in [4.78, 5) is 17.3. The lowest BCUT2D eigenvalue weighted by atomic mass is 9.84. The van der Waals surface area contributed by atoms with Gasteiger partial charge in [-0.25, -0.2) is 9.18 Å². The van der Waals surface area contributed by atoms with Gasteiger partial charge in [-0.3, -0.25) is 0 Å². The first-order valence-electron chi connectivity index (χ1n) is 9.27. The first-order chi connectivity index (χ1) is 13.5. The maximum absolute atomic E-state index is 13.3. The molecule has 0 saturated carbocycles. The van der Waals surface area contributed by atoms with Crippen LogP contribution in [0.1, 0.15) is 17.5 Å². The van der Waals surface area contributed by atoms with Gasteiger partial charge in [0.15, 0.2) is 0 Å². The largest absolute Gasteiger partial charge is 0.483 e. The average molecular weight is 400 g/mol. The average Bonchev–Trinajstić information content (AvgIpc) is 3.03. The van der Waals surface area contributed by atoms with Crippen LogP contribution in [-0.2, 0) is 13.0 Å². The van der Waals surface area contributed by atoms with E-state index in [1.807, 2.05) is 24.3 Å². The predicted octanol–water partition coefficient (Wildman–Crippen LogP) is 4.25. The number of fused-ring (bicyclic) bond motifs is 2. The van der Waals surface area contributed by atoms with Crippen molar-refractivity contribution >= 4 is 28.5 Å². The second-order valence-electron chi connectivity index (χ2n) is 7.59. The number of ether oxygens (including phenoxy) is 1. The van der Waals surface area contributed by atoms with Crippen molar-refractivity contribution in [3.63, 3.8) is 0 Å². The SMILES string of the molecule is O=C(NCc1ccc2[nH]c(Cl)cc2c1)N1CC2(CCc3cc(F)ccc3O2)C1. The molecule has 3 aromatic rings. The minimum absolute atomic E-state index is 0.105. The number of nitrogens with zero attached hydrogens (tertiary/aromatic N) is 1. The smallest absolute Gasteiger partial charge is 0.317 e. The number of nitrogens with one attached hydrogen (secondary N) is 2. The van der Waals surface area contributed by atoms with E-state index in [1.165, 1.54) is 12.1 Å². The van der Waals surface area contributed by atoms with Crippen LogP contribution in [0.3, 0.4) is 0 Å². The Kier molecular flexibility index (Phi) is 3.98. The molecule has 1 saturated heterocycles. The number of hydrogen-bond acceptors (Lipinski definition) is 2. The molecule has 0 bridgehead atoms. The van der Waals surface area contributed by atoms with Crippen LogP contribution in [0.15, 0.2) is 42.5 Å². The Morgan fingerprint density at radius 2 is 2.11 bits per heavy atom. The normalized spacial score (nSPS) is 17.1.